The van der Waals surface area contributed by atoms with E-state index in [1.807, 2.05) is 0 Å². The minimum atomic E-state index is 0.688. The molecule has 1 heterocycles. The predicted octanol–water partition coefficient (Wildman–Crippen LogP) is 1.84. The molecule has 1 aliphatic carbocycles. The molecule has 2 rings (SSSR count). The highest BCUT2D eigenvalue weighted by molar-refractivity contribution is 4.92. The van der Waals surface area contributed by atoms with Gasteiger partial charge in [0.25, 0.3) is 0 Å². The average Bonchev–Trinajstić information content (AvgIpc) is 2.96. The Labute approximate surface area is 87.8 Å². The van der Waals surface area contributed by atoms with Gasteiger partial charge in [-0.2, -0.15) is 0 Å². The lowest BCUT2D eigenvalue weighted by atomic mass is 9.92. The van der Waals surface area contributed by atoms with Crippen molar-refractivity contribution in [1.29, 1.82) is 0 Å². The molecule has 0 aromatic heterocycles. The van der Waals surface area contributed by atoms with E-state index in [2.05, 4.69) is 18.7 Å². The fourth-order valence-corrected chi connectivity index (χ4v) is 2.86. The first-order valence-electron chi connectivity index (χ1n) is 6.18. The highest BCUT2D eigenvalue weighted by Crippen LogP contribution is 2.37. The Hall–Kier alpha value is -0.0800. The van der Waals surface area contributed by atoms with Crippen molar-refractivity contribution in [2.24, 2.45) is 17.6 Å². The van der Waals surface area contributed by atoms with Crippen LogP contribution >= 0.6 is 0 Å². The summed E-state index contributed by atoms with van der Waals surface area (Å²) in [7, 11) is 0. The highest BCUT2D eigenvalue weighted by atomic mass is 15.2. The molecule has 3 unspecified atom stereocenters. The molecule has 2 N–H and O–H groups in total. The zero-order valence-corrected chi connectivity index (χ0v) is 9.58. The Kier molecular flexibility index (Phi) is 3.13. The van der Waals surface area contributed by atoms with Gasteiger partial charge in [0.15, 0.2) is 0 Å². The smallest absolute Gasteiger partial charge is 0.0249 e. The van der Waals surface area contributed by atoms with E-state index < -0.39 is 0 Å². The molecule has 0 spiro atoms. The third kappa shape index (κ3) is 2.12. The van der Waals surface area contributed by atoms with Gasteiger partial charge in [-0.3, -0.25) is 4.90 Å². The van der Waals surface area contributed by atoms with Crippen LogP contribution in [0.3, 0.4) is 0 Å². The van der Waals surface area contributed by atoms with E-state index >= 15 is 0 Å². The van der Waals surface area contributed by atoms with Gasteiger partial charge in [0.1, 0.15) is 0 Å². The maximum Gasteiger partial charge on any atom is 0.0249 e. The maximum absolute atomic E-state index is 5.91. The molecule has 2 heteroatoms. The molecule has 3 atom stereocenters. The third-order valence-electron chi connectivity index (χ3n) is 4.00. The number of nitrogens with zero attached hydrogens (tertiary/aromatic N) is 1. The van der Waals surface area contributed by atoms with Crippen LogP contribution in [0.5, 0.6) is 0 Å². The summed E-state index contributed by atoms with van der Waals surface area (Å²) in [4.78, 5) is 2.69. The molecule has 0 amide bonds. The molecule has 2 aliphatic rings. The Balaban J connectivity index is 1.97. The Morgan fingerprint density at radius 1 is 1.21 bits per heavy atom. The minimum absolute atomic E-state index is 0.688. The molecule has 1 saturated carbocycles. The van der Waals surface area contributed by atoms with E-state index in [1.165, 1.54) is 32.2 Å². The molecular weight excluding hydrogens is 172 g/mol. The molecule has 1 saturated heterocycles. The average molecular weight is 196 g/mol. The van der Waals surface area contributed by atoms with E-state index in [9.17, 15) is 0 Å². The quantitative estimate of drug-likeness (QED) is 0.746. The van der Waals surface area contributed by atoms with Crippen molar-refractivity contribution in [1.82, 2.24) is 4.90 Å². The molecule has 2 fully saturated rings. The second kappa shape index (κ2) is 4.19. The molecule has 82 valence electrons. The summed E-state index contributed by atoms with van der Waals surface area (Å²) in [6, 6.07) is 1.45. The van der Waals surface area contributed by atoms with Crippen molar-refractivity contribution in [3.8, 4) is 0 Å². The van der Waals surface area contributed by atoms with Crippen LogP contribution in [-0.2, 0) is 0 Å². The lowest BCUT2D eigenvalue weighted by Crippen LogP contribution is -2.51. The topological polar surface area (TPSA) is 29.3 Å². The van der Waals surface area contributed by atoms with Gasteiger partial charge in [0.2, 0.25) is 0 Å². The highest BCUT2D eigenvalue weighted by Gasteiger charge is 2.37. The second-order valence-corrected chi connectivity index (χ2v) is 5.37. The zero-order valence-electron chi connectivity index (χ0n) is 9.58. The maximum atomic E-state index is 5.91. The number of nitrogens with two attached hydrogens (primary N) is 1. The van der Waals surface area contributed by atoms with Gasteiger partial charge in [0.05, 0.1) is 0 Å². The first-order chi connectivity index (χ1) is 6.72. The molecule has 0 aromatic carbocycles. The van der Waals surface area contributed by atoms with Crippen molar-refractivity contribution in [3.63, 3.8) is 0 Å². The Morgan fingerprint density at radius 3 is 2.50 bits per heavy atom. The standard InChI is InChI=1S/C12H24N2/c1-9-3-4-10(2)14(8-9)12(7-13)11-5-6-11/h9-12H,3-8,13H2,1-2H3. The van der Waals surface area contributed by atoms with Gasteiger partial charge in [-0.05, 0) is 44.4 Å². The van der Waals surface area contributed by atoms with Crippen LogP contribution in [0, 0.1) is 11.8 Å². The molecule has 2 nitrogen and oxygen atoms in total. The number of piperidine rings is 1. The van der Waals surface area contributed by atoms with Crippen LogP contribution in [0.15, 0.2) is 0 Å². The fourth-order valence-electron chi connectivity index (χ4n) is 2.86. The number of hydrogen-bond donors (Lipinski definition) is 1. The largest absolute Gasteiger partial charge is 0.329 e. The van der Waals surface area contributed by atoms with E-state index in [1.54, 1.807) is 0 Å². The predicted molar refractivity (Wildman–Crippen MR) is 60.1 cm³/mol. The minimum Gasteiger partial charge on any atom is -0.329 e. The molecule has 1 aliphatic heterocycles. The van der Waals surface area contributed by atoms with Gasteiger partial charge < -0.3 is 5.73 Å². The van der Waals surface area contributed by atoms with Crippen LogP contribution in [0.2, 0.25) is 0 Å². The zero-order chi connectivity index (χ0) is 10.1. The van der Waals surface area contributed by atoms with Gasteiger partial charge >= 0.3 is 0 Å². The summed E-state index contributed by atoms with van der Waals surface area (Å²) < 4.78 is 0. The van der Waals surface area contributed by atoms with Crippen molar-refractivity contribution >= 4 is 0 Å². The van der Waals surface area contributed by atoms with E-state index in [0.717, 1.165) is 24.4 Å². The van der Waals surface area contributed by atoms with Crippen molar-refractivity contribution in [3.05, 3.63) is 0 Å². The summed E-state index contributed by atoms with van der Waals surface area (Å²) in [5.74, 6) is 1.80. The molecule has 0 aromatic rings. The van der Waals surface area contributed by atoms with Crippen LogP contribution < -0.4 is 5.73 Å². The van der Waals surface area contributed by atoms with Crippen molar-refractivity contribution in [2.75, 3.05) is 13.1 Å². The van der Waals surface area contributed by atoms with E-state index in [-0.39, 0.29) is 0 Å². The fraction of sp³-hybridized carbons (Fsp3) is 1.00. The Morgan fingerprint density at radius 2 is 1.93 bits per heavy atom. The number of likely N-dealkylation sites (tertiary alicyclic amines) is 1. The van der Waals surface area contributed by atoms with E-state index in [4.69, 9.17) is 5.73 Å². The molecule has 0 bridgehead atoms. The monoisotopic (exact) mass is 196 g/mol. The summed E-state index contributed by atoms with van der Waals surface area (Å²) >= 11 is 0. The van der Waals surface area contributed by atoms with Gasteiger partial charge in [-0.1, -0.05) is 6.92 Å². The first kappa shape index (κ1) is 10.4. The lowest BCUT2D eigenvalue weighted by Gasteiger charge is -2.42. The number of hydrogen-bond acceptors (Lipinski definition) is 2. The number of rotatable bonds is 3. The SMILES string of the molecule is CC1CCC(C)N(C(CN)C2CC2)C1. The molecular formula is C12H24N2. The van der Waals surface area contributed by atoms with Gasteiger partial charge in [-0.15, -0.1) is 0 Å². The first-order valence-corrected chi connectivity index (χ1v) is 6.18. The van der Waals surface area contributed by atoms with Crippen LogP contribution in [0.4, 0.5) is 0 Å². The third-order valence-corrected chi connectivity index (χ3v) is 4.00. The summed E-state index contributed by atoms with van der Waals surface area (Å²) in [6.07, 6.45) is 5.60. The normalized spacial score (nSPS) is 37.1. The summed E-state index contributed by atoms with van der Waals surface area (Å²) in [6.45, 7) is 6.89. The summed E-state index contributed by atoms with van der Waals surface area (Å²) in [5.41, 5.74) is 5.91. The van der Waals surface area contributed by atoms with Crippen LogP contribution in [0.1, 0.15) is 39.5 Å². The molecule has 0 radical (unpaired) electrons. The van der Waals surface area contributed by atoms with Gasteiger partial charge in [-0.25, -0.2) is 0 Å². The van der Waals surface area contributed by atoms with Crippen molar-refractivity contribution in [2.45, 2.75) is 51.6 Å². The van der Waals surface area contributed by atoms with Crippen molar-refractivity contribution < 1.29 is 0 Å². The Bertz CT molecular complexity index is 189. The second-order valence-electron chi connectivity index (χ2n) is 5.37. The molecule has 14 heavy (non-hydrogen) atoms. The van der Waals surface area contributed by atoms with E-state index in [0.29, 0.717) is 6.04 Å². The van der Waals surface area contributed by atoms with Gasteiger partial charge in [0, 0.05) is 25.2 Å². The van der Waals surface area contributed by atoms with Crippen LogP contribution in [0.25, 0.3) is 0 Å². The van der Waals surface area contributed by atoms with Crippen LogP contribution in [-0.4, -0.2) is 30.1 Å². The summed E-state index contributed by atoms with van der Waals surface area (Å²) in [5, 5.41) is 0. The lowest BCUT2D eigenvalue weighted by molar-refractivity contribution is 0.0698.